The third-order valence-electron chi connectivity index (χ3n) is 6.12. The number of rotatable bonds is 7. The van der Waals surface area contributed by atoms with E-state index < -0.39 is 0 Å². The van der Waals surface area contributed by atoms with Crippen molar-refractivity contribution in [1.82, 2.24) is 19.9 Å². The molecule has 7 nitrogen and oxygen atoms in total. The second-order valence-corrected chi connectivity index (χ2v) is 9.33. The normalized spacial score (nSPS) is 15.4. The molecule has 1 unspecified atom stereocenters. The van der Waals surface area contributed by atoms with Gasteiger partial charge in [0.05, 0.1) is 32.5 Å². The minimum absolute atomic E-state index is 0.0380. The summed E-state index contributed by atoms with van der Waals surface area (Å²) < 4.78 is 12.1. The minimum Gasteiger partial charge on any atom is -0.497 e. The van der Waals surface area contributed by atoms with Gasteiger partial charge in [-0.2, -0.15) is 0 Å². The SMILES string of the molecule is COc1cccc(Cn2cnc3sc4c(c3c2=O)CCC(NCc2ccc(OC)nc2)C4)c1. The zero-order valence-corrected chi connectivity index (χ0v) is 19.5. The Morgan fingerprint density at radius 2 is 2.06 bits per heavy atom. The molecule has 1 aliphatic carbocycles. The zero-order valence-electron chi connectivity index (χ0n) is 18.7. The lowest BCUT2D eigenvalue weighted by Crippen LogP contribution is -2.33. The largest absolute Gasteiger partial charge is 0.497 e. The van der Waals surface area contributed by atoms with Crippen LogP contribution in [0.2, 0.25) is 0 Å². The van der Waals surface area contributed by atoms with Gasteiger partial charge in [0.15, 0.2) is 0 Å². The average Bonchev–Trinajstić information content (AvgIpc) is 3.23. The highest BCUT2D eigenvalue weighted by atomic mass is 32.1. The monoisotopic (exact) mass is 462 g/mol. The molecule has 8 heteroatoms. The molecule has 3 aromatic heterocycles. The fourth-order valence-corrected chi connectivity index (χ4v) is 5.61. The summed E-state index contributed by atoms with van der Waals surface area (Å²) in [6.45, 7) is 1.23. The summed E-state index contributed by atoms with van der Waals surface area (Å²) >= 11 is 1.65. The predicted molar refractivity (Wildman–Crippen MR) is 129 cm³/mol. The molecule has 0 saturated carbocycles. The van der Waals surface area contributed by atoms with Crippen LogP contribution in [0, 0.1) is 0 Å². The van der Waals surface area contributed by atoms with Crippen LogP contribution < -0.4 is 20.3 Å². The Kier molecular flexibility index (Phi) is 6.11. The van der Waals surface area contributed by atoms with Gasteiger partial charge in [-0.15, -0.1) is 11.3 Å². The first-order valence-corrected chi connectivity index (χ1v) is 11.8. The summed E-state index contributed by atoms with van der Waals surface area (Å²) in [4.78, 5) is 24.3. The van der Waals surface area contributed by atoms with E-state index in [0.29, 0.717) is 18.5 Å². The van der Waals surface area contributed by atoms with Crippen molar-refractivity contribution in [3.63, 3.8) is 0 Å². The lowest BCUT2D eigenvalue weighted by Gasteiger charge is -2.23. The van der Waals surface area contributed by atoms with E-state index >= 15 is 0 Å². The van der Waals surface area contributed by atoms with Crippen LogP contribution in [0.3, 0.4) is 0 Å². The van der Waals surface area contributed by atoms with Gasteiger partial charge < -0.3 is 14.8 Å². The first kappa shape index (κ1) is 21.6. The number of thiophene rings is 1. The van der Waals surface area contributed by atoms with Crippen LogP contribution in [0.15, 0.2) is 53.7 Å². The lowest BCUT2D eigenvalue weighted by atomic mass is 9.93. The molecule has 0 bridgehead atoms. The molecule has 0 spiro atoms. The van der Waals surface area contributed by atoms with Crippen LogP contribution in [0.25, 0.3) is 10.2 Å². The van der Waals surface area contributed by atoms with E-state index in [1.54, 1.807) is 36.5 Å². The molecule has 33 heavy (non-hydrogen) atoms. The molecule has 1 N–H and O–H groups in total. The number of benzene rings is 1. The molecule has 170 valence electrons. The van der Waals surface area contributed by atoms with Gasteiger partial charge in [-0.05, 0) is 48.1 Å². The maximum Gasteiger partial charge on any atom is 0.262 e. The van der Waals surface area contributed by atoms with Gasteiger partial charge in [-0.1, -0.05) is 18.2 Å². The Morgan fingerprint density at radius 3 is 2.85 bits per heavy atom. The van der Waals surface area contributed by atoms with E-state index in [1.807, 2.05) is 42.6 Å². The molecular weight excluding hydrogens is 436 g/mol. The third-order valence-corrected chi connectivity index (χ3v) is 7.29. The molecule has 1 aromatic carbocycles. The number of pyridine rings is 1. The van der Waals surface area contributed by atoms with E-state index in [1.165, 1.54) is 10.4 Å². The van der Waals surface area contributed by atoms with Crippen molar-refractivity contribution in [3.8, 4) is 11.6 Å². The topological polar surface area (TPSA) is 78.3 Å². The van der Waals surface area contributed by atoms with Crippen molar-refractivity contribution >= 4 is 21.6 Å². The fraction of sp³-hybridized carbons (Fsp3) is 0.320. The van der Waals surface area contributed by atoms with Crippen molar-refractivity contribution < 1.29 is 9.47 Å². The van der Waals surface area contributed by atoms with Crippen molar-refractivity contribution in [3.05, 3.63) is 80.8 Å². The number of aromatic nitrogens is 3. The summed E-state index contributed by atoms with van der Waals surface area (Å²) in [5.74, 6) is 1.40. The molecule has 5 rings (SSSR count). The number of methoxy groups -OCH3 is 2. The first-order valence-electron chi connectivity index (χ1n) is 11.0. The highest BCUT2D eigenvalue weighted by molar-refractivity contribution is 7.18. The third kappa shape index (κ3) is 4.49. The van der Waals surface area contributed by atoms with Crippen LogP contribution in [-0.4, -0.2) is 34.8 Å². The van der Waals surface area contributed by atoms with Gasteiger partial charge >= 0.3 is 0 Å². The first-order chi connectivity index (χ1) is 16.1. The number of aryl methyl sites for hydroxylation is 1. The Labute approximate surface area is 196 Å². The van der Waals surface area contributed by atoms with Gasteiger partial charge in [-0.3, -0.25) is 9.36 Å². The van der Waals surface area contributed by atoms with E-state index in [-0.39, 0.29) is 5.56 Å². The molecule has 0 fully saturated rings. The van der Waals surface area contributed by atoms with E-state index in [2.05, 4.69) is 15.3 Å². The van der Waals surface area contributed by atoms with Crippen LogP contribution in [0.1, 0.15) is 28.0 Å². The van der Waals surface area contributed by atoms with Crippen molar-refractivity contribution in [2.75, 3.05) is 14.2 Å². The predicted octanol–water partition coefficient (Wildman–Crippen LogP) is 3.57. The number of nitrogens with zero attached hydrogens (tertiary/aromatic N) is 3. The summed E-state index contributed by atoms with van der Waals surface area (Å²) in [5, 5.41) is 4.43. The summed E-state index contributed by atoms with van der Waals surface area (Å²) in [6.07, 6.45) is 6.29. The summed E-state index contributed by atoms with van der Waals surface area (Å²) in [5.41, 5.74) is 3.35. The molecule has 0 saturated heterocycles. The standard InChI is InChI=1S/C25H26N4O3S/c1-31-19-5-3-4-16(10-19)14-29-15-28-24-23(25(29)30)20-8-7-18(11-21(20)33-24)26-12-17-6-9-22(32-2)27-13-17/h3-6,9-10,13,15,18,26H,7-8,11-12,14H2,1-2H3. The van der Waals surface area contributed by atoms with Gasteiger partial charge in [0.2, 0.25) is 5.88 Å². The molecule has 3 heterocycles. The second-order valence-electron chi connectivity index (χ2n) is 8.24. The van der Waals surface area contributed by atoms with Crippen LogP contribution in [0.4, 0.5) is 0 Å². The van der Waals surface area contributed by atoms with Crippen LogP contribution >= 0.6 is 11.3 Å². The maximum atomic E-state index is 13.3. The van der Waals surface area contributed by atoms with Gasteiger partial charge in [0.25, 0.3) is 5.56 Å². The Balaban J connectivity index is 1.33. The highest BCUT2D eigenvalue weighted by Crippen LogP contribution is 2.33. The number of fused-ring (bicyclic) bond motifs is 3. The molecule has 0 radical (unpaired) electrons. The van der Waals surface area contributed by atoms with E-state index in [9.17, 15) is 4.79 Å². The maximum absolute atomic E-state index is 13.3. The molecule has 1 aliphatic rings. The molecule has 0 amide bonds. The fourth-order valence-electron chi connectivity index (χ4n) is 4.35. The number of nitrogens with one attached hydrogen (secondary N) is 1. The van der Waals surface area contributed by atoms with Gasteiger partial charge in [0.1, 0.15) is 10.6 Å². The molecule has 4 aromatic rings. The molecule has 1 atom stereocenters. The van der Waals surface area contributed by atoms with Crippen molar-refractivity contribution in [1.29, 1.82) is 0 Å². The highest BCUT2D eigenvalue weighted by Gasteiger charge is 2.25. The summed E-state index contributed by atoms with van der Waals surface area (Å²) in [7, 11) is 3.26. The summed E-state index contributed by atoms with van der Waals surface area (Å²) in [6, 6.07) is 12.1. The molecular formula is C25H26N4O3S. The van der Waals surface area contributed by atoms with Crippen LogP contribution in [0.5, 0.6) is 11.6 Å². The minimum atomic E-state index is 0.0380. The number of ether oxygens (including phenoxy) is 2. The Bertz CT molecular complexity index is 1330. The Hall–Kier alpha value is -3.23. The van der Waals surface area contributed by atoms with Gasteiger partial charge in [0, 0.05) is 29.7 Å². The zero-order chi connectivity index (χ0) is 22.8. The second kappa shape index (κ2) is 9.33. The van der Waals surface area contributed by atoms with E-state index in [4.69, 9.17) is 9.47 Å². The van der Waals surface area contributed by atoms with Gasteiger partial charge in [-0.25, -0.2) is 9.97 Å². The lowest BCUT2D eigenvalue weighted by molar-refractivity contribution is 0.397. The number of hydrogen-bond acceptors (Lipinski definition) is 7. The van der Waals surface area contributed by atoms with Crippen molar-refractivity contribution in [2.45, 2.75) is 38.4 Å². The van der Waals surface area contributed by atoms with E-state index in [0.717, 1.165) is 52.9 Å². The smallest absolute Gasteiger partial charge is 0.262 e. The number of hydrogen-bond donors (Lipinski definition) is 1. The Morgan fingerprint density at radius 1 is 1.15 bits per heavy atom. The van der Waals surface area contributed by atoms with Crippen molar-refractivity contribution in [2.24, 2.45) is 0 Å². The quantitative estimate of drug-likeness (QED) is 0.453. The molecule has 0 aliphatic heterocycles. The van der Waals surface area contributed by atoms with Crippen LogP contribution in [-0.2, 0) is 25.9 Å². The average molecular weight is 463 g/mol.